The molecule has 0 radical (unpaired) electrons. The van der Waals surface area contributed by atoms with Crippen LogP contribution in [0.4, 0.5) is 0 Å². The third-order valence-corrected chi connectivity index (χ3v) is 8.93. The van der Waals surface area contributed by atoms with Gasteiger partial charge in [-0.15, -0.1) is 0 Å². The van der Waals surface area contributed by atoms with Gasteiger partial charge < -0.3 is 13.9 Å². The Labute approximate surface area is 188 Å². The van der Waals surface area contributed by atoms with Gasteiger partial charge in [-0.25, -0.2) is 0 Å². The summed E-state index contributed by atoms with van der Waals surface area (Å²) in [5, 5.41) is 0. The largest absolute Gasteiger partial charge is 0.496 e. The highest BCUT2D eigenvalue weighted by Crippen LogP contribution is 2.69. The standard InChI is InChI=1S/C26H31NO5/c1-6-31-23(29)26(22(28)19-11-8-12-32-19)15-25(3)20-13-16-17(9-7-10-18(16)30-5)24(25,2)14-21(26)27(20)4/h7-12,20-21H,6,13-15H2,1-5H3. The van der Waals surface area contributed by atoms with Gasteiger partial charge in [0.05, 0.1) is 20.0 Å². The topological polar surface area (TPSA) is 69.0 Å². The lowest BCUT2D eigenvalue weighted by Gasteiger charge is -2.71. The van der Waals surface area contributed by atoms with Crippen LogP contribution in [0.5, 0.6) is 5.75 Å². The molecule has 6 rings (SSSR count). The molecule has 0 spiro atoms. The number of piperidine rings is 2. The molecule has 3 heterocycles. The Morgan fingerprint density at radius 2 is 1.97 bits per heavy atom. The first kappa shape index (κ1) is 21.3. The van der Waals surface area contributed by atoms with E-state index in [1.807, 2.05) is 12.1 Å². The van der Waals surface area contributed by atoms with E-state index in [2.05, 4.69) is 31.9 Å². The van der Waals surface area contributed by atoms with Crippen molar-refractivity contribution >= 4 is 11.8 Å². The minimum absolute atomic E-state index is 0.182. The van der Waals surface area contributed by atoms with Gasteiger partial charge in [0.15, 0.2) is 5.76 Å². The number of nitrogens with zero attached hydrogens (tertiary/aromatic N) is 1. The lowest BCUT2D eigenvalue weighted by molar-refractivity contribution is -0.197. The smallest absolute Gasteiger partial charge is 0.321 e. The summed E-state index contributed by atoms with van der Waals surface area (Å²) in [7, 11) is 3.77. The number of hydrogen-bond acceptors (Lipinski definition) is 6. The molecular weight excluding hydrogens is 406 g/mol. The highest BCUT2D eigenvalue weighted by molar-refractivity contribution is 6.12. The van der Waals surface area contributed by atoms with Gasteiger partial charge in [0.25, 0.3) is 0 Å². The molecular formula is C26H31NO5. The number of benzene rings is 1. The molecule has 1 aromatic carbocycles. The number of ether oxygens (including phenoxy) is 2. The molecule has 2 aliphatic carbocycles. The normalized spacial score (nSPS) is 35.3. The summed E-state index contributed by atoms with van der Waals surface area (Å²) in [4.78, 5) is 29.7. The predicted molar refractivity (Wildman–Crippen MR) is 119 cm³/mol. The van der Waals surface area contributed by atoms with E-state index in [0.717, 1.165) is 12.2 Å². The molecule has 5 unspecified atom stereocenters. The Balaban J connectivity index is 1.70. The molecule has 4 aliphatic rings. The summed E-state index contributed by atoms with van der Waals surface area (Å²) in [5.74, 6) is 0.434. The molecule has 1 aromatic heterocycles. The minimum Gasteiger partial charge on any atom is -0.496 e. The van der Waals surface area contributed by atoms with Gasteiger partial charge in [-0.2, -0.15) is 0 Å². The van der Waals surface area contributed by atoms with Crippen molar-refractivity contribution in [3.63, 3.8) is 0 Å². The zero-order valence-corrected chi connectivity index (χ0v) is 19.4. The van der Waals surface area contributed by atoms with E-state index in [4.69, 9.17) is 13.9 Å². The van der Waals surface area contributed by atoms with Crippen molar-refractivity contribution in [1.29, 1.82) is 0 Å². The van der Waals surface area contributed by atoms with Gasteiger partial charge in [-0.1, -0.05) is 26.0 Å². The predicted octanol–water partition coefficient (Wildman–Crippen LogP) is 4.02. The van der Waals surface area contributed by atoms with Crippen molar-refractivity contribution in [2.45, 2.75) is 57.5 Å². The Morgan fingerprint density at radius 1 is 1.19 bits per heavy atom. The maximum atomic E-state index is 13.9. The Kier molecular flexibility index (Phi) is 4.61. The molecule has 4 bridgehead atoms. The van der Waals surface area contributed by atoms with Gasteiger partial charge in [0.1, 0.15) is 11.2 Å². The van der Waals surface area contributed by atoms with E-state index in [1.54, 1.807) is 26.2 Å². The zero-order chi connectivity index (χ0) is 22.9. The molecule has 170 valence electrons. The number of furan rings is 1. The molecule has 6 nitrogen and oxygen atoms in total. The van der Waals surface area contributed by atoms with Crippen molar-refractivity contribution in [3.8, 4) is 5.75 Å². The van der Waals surface area contributed by atoms with Gasteiger partial charge in [0.2, 0.25) is 5.78 Å². The van der Waals surface area contributed by atoms with Gasteiger partial charge in [0, 0.05) is 17.5 Å². The van der Waals surface area contributed by atoms with Crippen LogP contribution >= 0.6 is 0 Å². The number of carbonyl (C=O) groups excluding carboxylic acids is 2. The van der Waals surface area contributed by atoms with Crippen molar-refractivity contribution in [2.24, 2.45) is 10.8 Å². The van der Waals surface area contributed by atoms with E-state index >= 15 is 0 Å². The number of likely N-dealkylation sites (N-methyl/N-ethyl adjacent to an activating group) is 1. The first-order chi connectivity index (χ1) is 15.2. The number of carbonyl (C=O) groups is 2. The van der Waals surface area contributed by atoms with Crippen LogP contribution in [-0.2, 0) is 21.4 Å². The number of esters is 1. The van der Waals surface area contributed by atoms with E-state index in [1.165, 1.54) is 17.4 Å². The molecule has 2 aromatic rings. The minimum atomic E-state index is -1.29. The third-order valence-electron chi connectivity index (χ3n) is 8.93. The summed E-state index contributed by atoms with van der Waals surface area (Å²) in [5.41, 5.74) is 0.716. The average molecular weight is 438 g/mol. The van der Waals surface area contributed by atoms with Crippen LogP contribution in [-0.4, -0.2) is 49.5 Å². The van der Waals surface area contributed by atoms with E-state index < -0.39 is 11.4 Å². The third kappa shape index (κ3) is 2.39. The first-order valence-electron chi connectivity index (χ1n) is 11.4. The number of ketones is 1. The monoisotopic (exact) mass is 437 g/mol. The summed E-state index contributed by atoms with van der Waals surface area (Å²) < 4.78 is 16.8. The molecule has 32 heavy (non-hydrogen) atoms. The van der Waals surface area contributed by atoms with E-state index in [9.17, 15) is 9.59 Å². The molecule has 5 atom stereocenters. The van der Waals surface area contributed by atoms with E-state index in [-0.39, 0.29) is 41.1 Å². The number of fused-ring (bicyclic) bond motifs is 2. The molecule has 6 heteroatoms. The number of methoxy groups -OCH3 is 1. The Morgan fingerprint density at radius 3 is 2.62 bits per heavy atom. The maximum absolute atomic E-state index is 13.9. The van der Waals surface area contributed by atoms with Crippen LogP contribution in [0.3, 0.4) is 0 Å². The lowest BCUT2D eigenvalue weighted by Crippen LogP contribution is -2.78. The van der Waals surface area contributed by atoms with Crippen LogP contribution in [0, 0.1) is 10.8 Å². The highest BCUT2D eigenvalue weighted by Gasteiger charge is 2.74. The Bertz CT molecular complexity index is 1080. The van der Waals surface area contributed by atoms with Crippen LogP contribution in [0.1, 0.15) is 55.3 Å². The van der Waals surface area contributed by atoms with Gasteiger partial charge >= 0.3 is 5.97 Å². The molecule has 2 aliphatic heterocycles. The van der Waals surface area contributed by atoms with Crippen LogP contribution in [0.15, 0.2) is 41.0 Å². The quantitative estimate of drug-likeness (QED) is 0.400. The fraction of sp³-hybridized carbons (Fsp3) is 0.538. The van der Waals surface area contributed by atoms with Crippen LogP contribution in [0.2, 0.25) is 0 Å². The summed E-state index contributed by atoms with van der Waals surface area (Å²) in [6.07, 6.45) is 3.43. The molecule has 0 N–H and O–H groups in total. The summed E-state index contributed by atoms with van der Waals surface area (Å²) in [6.45, 7) is 6.56. The molecule has 0 amide bonds. The summed E-state index contributed by atoms with van der Waals surface area (Å²) >= 11 is 0. The first-order valence-corrected chi connectivity index (χ1v) is 11.4. The fourth-order valence-corrected chi connectivity index (χ4v) is 7.21. The molecule has 2 saturated heterocycles. The molecule has 1 saturated carbocycles. The fourth-order valence-electron chi connectivity index (χ4n) is 7.21. The van der Waals surface area contributed by atoms with Crippen molar-refractivity contribution in [3.05, 3.63) is 53.5 Å². The SMILES string of the molecule is CCOC(=O)C1(C(=O)c2ccco2)CC2(C)C3Cc4c(OC)cccc4C2(C)CC1N3C. The van der Waals surface area contributed by atoms with Crippen molar-refractivity contribution < 1.29 is 23.5 Å². The van der Waals surface area contributed by atoms with Crippen LogP contribution in [0.25, 0.3) is 0 Å². The van der Waals surface area contributed by atoms with Crippen molar-refractivity contribution in [2.75, 3.05) is 20.8 Å². The summed E-state index contributed by atoms with van der Waals surface area (Å²) in [6, 6.07) is 9.50. The second-order valence-corrected chi connectivity index (χ2v) is 10.0. The average Bonchev–Trinajstić information content (AvgIpc) is 3.31. The van der Waals surface area contributed by atoms with Crippen LogP contribution < -0.4 is 4.74 Å². The van der Waals surface area contributed by atoms with E-state index in [0.29, 0.717) is 12.8 Å². The lowest BCUT2D eigenvalue weighted by atomic mass is 9.39. The van der Waals surface area contributed by atoms with Gasteiger partial charge in [-0.3, -0.25) is 14.5 Å². The zero-order valence-electron chi connectivity index (χ0n) is 19.4. The highest BCUT2D eigenvalue weighted by atomic mass is 16.5. The number of hydrogen-bond donors (Lipinski definition) is 0. The molecule has 3 fully saturated rings. The maximum Gasteiger partial charge on any atom is 0.321 e. The number of rotatable bonds is 5. The second-order valence-electron chi connectivity index (χ2n) is 10.0. The number of Topliss-reactive ketones (excluding diaryl/α,β-unsaturated/α-hetero) is 1. The van der Waals surface area contributed by atoms with Crippen molar-refractivity contribution in [1.82, 2.24) is 4.90 Å². The second kappa shape index (κ2) is 6.95. The van der Waals surface area contributed by atoms with Gasteiger partial charge in [-0.05, 0) is 68.0 Å². The Hall–Kier alpha value is -2.60.